The minimum atomic E-state index is -0.715. The first-order valence-corrected chi connectivity index (χ1v) is 7.08. The molecule has 0 bridgehead atoms. The van der Waals surface area contributed by atoms with E-state index in [-0.39, 0.29) is 12.4 Å². The van der Waals surface area contributed by atoms with E-state index in [1.165, 1.54) is 0 Å². The summed E-state index contributed by atoms with van der Waals surface area (Å²) in [5.41, 5.74) is 2.79. The molecule has 0 radical (unpaired) electrons. The van der Waals surface area contributed by atoms with Gasteiger partial charge in [0.25, 0.3) is 0 Å². The van der Waals surface area contributed by atoms with Gasteiger partial charge in [0.2, 0.25) is 0 Å². The molecule has 0 aliphatic heterocycles. The lowest BCUT2D eigenvalue weighted by Gasteiger charge is -2.15. The first-order valence-electron chi connectivity index (χ1n) is 7.08. The van der Waals surface area contributed by atoms with Crippen LogP contribution in [-0.4, -0.2) is 12.8 Å². The lowest BCUT2D eigenvalue weighted by molar-refractivity contribution is 0.234. The van der Waals surface area contributed by atoms with E-state index in [0.29, 0.717) is 5.75 Å². The molecule has 0 heterocycles. The Bertz CT molecular complexity index is 733. The number of benzene rings is 2. The van der Waals surface area contributed by atoms with Crippen LogP contribution in [0.25, 0.3) is 0 Å². The first kappa shape index (κ1) is 16.7. The molecule has 0 aliphatic rings. The second kappa shape index (κ2) is 7.09. The van der Waals surface area contributed by atoms with Crippen molar-refractivity contribution in [1.82, 2.24) is 5.32 Å². The van der Waals surface area contributed by atoms with Crippen molar-refractivity contribution in [1.29, 1.82) is 0 Å². The monoisotopic (exact) mass is 320 g/mol. The maximum atomic E-state index is 13.4. The molecule has 122 valence electrons. The van der Waals surface area contributed by atoms with Crippen LogP contribution in [0, 0.1) is 32.4 Å². The summed E-state index contributed by atoms with van der Waals surface area (Å²) in [6.07, 6.45) is 0. The fraction of sp³-hybridized carbons (Fsp3) is 0.235. The van der Waals surface area contributed by atoms with Crippen LogP contribution in [0.15, 0.2) is 30.3 Å². The zero-order valence-corrected chi connectivity index (χ0v) is 13.2. The maximum absolute atomic E-state index is 13.4. The van der Waals surface area contributed by atoms with Crippen molar-refractivity contribution in [2.24, 2.45) is 0 Å². The van der Waals surface area contributed by atoms with Gasteiger partial charge in [0, 0.05) is 6.07 Å². The lowest BCUT2D eigenvalue weighted by Crippen LogP contribution is -2.32. The molecule has 6 heteroatoms. The van der Waals surface area contributed by atoms with Gasteiger partial charge in [0.05, 0.1) is 5.69 Å². The smallest absolute Gasteiger partial charge is 0.321 e. The van der Waals surface area contributed by atoms with Gasteiger partial charge in [-0.2, -0.15) is 0 Å². The van der Waals surface area contributed by atoms with Gasteiger partial charge in [-0.15, -0.1) is 0 Å². The number of ether oxygens (including phenoxy) is 1. The van der Waals surface area contributed by atoms with Gasteiger partial charge in [-0.05, 0) is 49.6 Å². The zero-order valence-electron chi connectivity index (χ0n) is 13.2. The van der Waals surface area contributed by atoms with Gasteiger partial charge in [-0.1, -0.05) is 12.1 Å². The Balaban J connectivity index is 1.93. The SMILES string of the molecule is Cc1ccc(C)c(OCNC(=O)Nc2cc(F)ccc2F)c1C. The first-order chi connectivity index (χ1) is 10.9. The second-order valence-corrected chi connectivity index (χ2v) is 5.20. The number of halogens is 2. The van der Waals surface area contributed by atoms with Crippen molar-refractivity contribution >= 4 is 11.7 Å². The van der Waals surface area contributed by atoms with Crippen LogP contribution in [0.4, 0.5) is 19.3 Å². The quantitative estimate of drug-likeness (QED) is 0.835. The third kappa shape index (κ3) is 4.18. The van der Waals surface area contributed by atoms with Gasteiger partial charge in [-0.3, -0.25) is 0 Å². The van der Waals surface area contributed by atoms with E-state index < -0.39 is 17.7 Å². The maximum Gasteiger partial charge on any atom is 0.321 e. The van der Waals surface area contributed by atoms with E-state index in [0.717, 1.165) is 34.9 Å². The Hall–Kier alpha value is -2.63. The highest BCUT2D eigenvalue weighted by molar-refractivity contribution is 5.89. The predicted molar refractivity (Wildman–Crippen MR) is 84.7 cm³/mol. The Morgan fingerprint density at radius 2 is 1.78 bits per heavy atom. The fourth-order valence-electron chi connectivity index (χ4n) is 2.08. The van der Waals surface area contributed by atoms with Crippen LogP contribution in [0.3, 0.4) is 0 Å². The third-order valence-corrected chi connectivity index (χ3v) is 3.50. The molecule has 2 amide bonds. The Kier molecular flexibility index (Phi) is 5.16. The van der Waals surface area contributed by atoms with Crippen molar-refractivity contribution in [3.05, 3.63) is 58.7 Å². The summed E-state index contributed by atoms with van der Waals surface area (Å²) in [6, 6.07) is 6.07. The van der Waals surface area contributed by atoms with Crippen molar-refractivity contribution in [3.8, 4) is 5.75 Å². The predicted octanol–water partition coefficient (Wildman–Crippen LogP) is 4.05. The zero-order chi connectivity index (χ0) is 17.0. The van der Waals surface area contributed by atoms with Crippen molar-refractivity contribution < 1.29 is 18.3 Å². The number of aryl methyl sites for hydroxylation is 2. The molecule has 0 saturated heterocycles. The number of amides is 2. The molecule has 0 fully saturated rings. The number of carbonyl (C=O) groups is 1. The van der Waals surface area contributed by atoms with E-state index in [1.807, 2.05) is 32.9 Å². The molecule has 0 atom stereocenters. The minimum absolute atomic E-state index is 0.0894. The molecule has 0 spiro atoms. The van der Waals surface area contributed by atoms with Crippen LogP contribution in [0.1, 0.15) is 16.7 Å². The average Bonchev–Trinajstić information content (AvgIpc) is 2.50. The number of carbonyl (C=O) groups excluding carboxylic acids is 1. The van der Waals surface area contributed by atoms with Crippen LogP contribution in [-0.2, 0) is 0 Å². The van der Waals surface area contributed by atoms with Crippen LogP contribution >= 0.6 is 0 Å². The highest BCUT2D eigenvalue weighted by atomic mass is 19.1. The molecule has 2 N–H and O–H groups in total. The summed E-state index contributed by atoms with van der Waals surface area (Å²) in [5.74, 6) is -0.654. The van der Waals surface area contributed by atoms with Gasteiger partial charge < -0.3 is 15.4 Å². The van der Waals surface area contributed by atoms with Gasteiger partial charge >= 0.3 is 6.03 Å². The highest BCUT2D eigenvalue weighted by Gasteiger charge is 2.09. The fourth-order valence-corrected chi connectivity index (χ4v) is 2.08. The van der Waals surface area contributed by atoms with Gasteiger partial charge in [0.1, 0.15) is 17.4 Å². The molecular weight excluding hydrogens is 302 g/mol. The molecule has 0 unspecified atom stereocenters. The molecule has 2 aromatic carbocycles. The van der Waals surface area contributed by atoms with Crippen molar-refractivity contribution in [2.45, 2.75) is 20.8 Å². The summed E-state index contributed by atoms with van der Waals surface area (Å²) >= 11 is 0. The van der Waals surface area contributed by atoms with Crippen molar-refractivity contribution in [2.75, 3.05) is 12.0 Å². The molecule has 2 rings (SSSR count). The molecule has 4 nitrogen and oxygen atoms in total. The minimum Gasteiger partial charge on any atom is -0.473 e. The topological polar surface area (TPSA) is 50.4 Å². The number of anilines is 1. The van der Waals surface area contributed by atoms with E-state index >= 15 is 0 Å². The van der Waals surface area contributed by atoms with Crippen LogP contribution in [0.5, 0.6) is 5.75 Å². The average molecular weight is 320 g/mol. The number of hydrogen-bond acceptors (Lipinski definition) is 2. The van der Waals surface area contributed by atoms with Gasteiger partial charge in [0.15, 0.2) is 6.73 Å². The summed E-state index contributed by atoms with van der Waals surface area (Å²) in [7, 11) is 0. The molecule has 0 aromatic heterocycles. The van der Waals surface area contributed by atoms with E-state index in [9.17, 15) is 13.6 Å². The number of hydrogen-bond donors (Lipinski definition) is 2. The molecule has 0 aliphatic carbocycles. The summed E-state index contributed by atoms with van der Waals surface area (Å²) < 4.78 is 32.0. The van der Waals surface area contributed by atoms with Crippen LogP contribution in [0.2, 0.25) is 0 Å². The number of rotatable bonds is 4. The van der Waals surface area contributed by atoms with E-state index in [1.54, 1.807) is 0 Å². The second-order valence-electron chi connectivity index (χ2n) is 5.20. The van der Waals surface area contributed by atoms with Crippen LogP contribution < -0.4 is 15.4 Å². The van der Waals surface area contributed by atoms with E-state index in [2.05, 4.69) is 10.6 Å². The molecule has 23 heavy (non-hydrogen) atoms. The molecule has 0 saturated carbocycles. The summed E-state index contributed by atoms with van der Waals surface area (Å²) in [4.78, 5) is 11.7. The molecule has 2 aromatic rings. The lowest BCUT2D eigenvalue weighted by atomic mass is 10.1. The van der Waals surface area contributed by atoms with E-state index in [4.69, 9.17) is 4.74 Å². The highest BCUT2D eigenvalue weighted by Crippen LogP contribution is 2.25. The normalized spacial score (nSPS) is 10.3. The summed E-state index contributed by atoms with van der Waals surface area (Å²) in [5, 5.41) is 4.67. The number of nitrogens with one attached hydrogen (secondary N) is 2. The Labute approximate surface area is 133 Å². The largest absolute Gasteiger partial charge is 0.473 e. The Morgan fingerprint density at radius 1 is 1.09 bits per heavy atom. The number of urea groups is 1. The standard InChI is InChI=1S/C17H18F2N2O2/c1-10-4-5-11(2)16(12(10)3)23-9-20-17(22)21-15-8-13(18)6-7-14(15)19/h4-8H,9H2,1-3H3,(H2,20,21,22). The third-order valence-electron chi connectivity index (χ3n) is 3.50. The van der Waals surface area contributed by atoms with Crippen molar-refractivity contribution in [3.63, 3.8) is 0 Å². The van der Waals surface area contributed by atoms with Gasteiger partial charge in [-0.25, -0.2) is 13.6 Å². The summed E-state index contributed by atoms with van der Waals surface area (Å²) in [6.45, 7) is 5.71. The Morgan fingerprint density at radius 3 is 2.52 bits per heavy atom. The molecular formula is C17H18F2N2O2.